The van der Waals surface area contributed by atoms with Crippen LogP contribution >= 0.6 is 0 Å². The molecule has 0 saturated carbocycles. The fourth-order valence-electron chi connectivity index (χ4n) is 1.42. The summed E-state index contributed by atoms with van der Waals surface area (Å²) in [5, 5.41) is 18.7. The van der Waals surface area contributed by atoms with E-state index in [2.05, 4.69) is 18.9 Å². The lowest BCUT2D eigenvalue weighted by molar-refractivity contribution is 0.173. The van der Waals surface area contributed by atoms with Crippen LogP contribution in [-0.2, 0) is 0 Å². The maximum absolute atomic E-state index is 9.79. The number of aliphatic hydroxyl groups is 2. The average Bonchev–Trinajstić information content (AvgIpc) is 2.36. The summed E-state index contributed by atoms with van der Waals surface area (Å²) >= 11 is 0. The predicted octanol–water partition coefficient (Wildman–Crippen LogP) is 2.19. The highest BCUT2D eigenvalue weighted by Crippen LogP contribution is 2.16. The van der Waals surface area contributed by atoms with E-state index in [1.54, 1.807) is 6.08 Å². The Balaban J connectivity index is 4.66. The highest BCUT2D eigenvalue weighted by Gasteiger charge is 2.09. The van der Waals surface area contributed by atoms with E-state index in [0.717, 1.165) is 5.57 Å². The van der Waals surface area contributed by atoms with Crippen LogP contribution in [0.3, 0.4) is 0 Å². The number of aliphatic hydroxyl groups excluding tert-OH is 2. The Morgan fingerprint density at radius 1 is 1.44 bits per heavy atom. The van der Waals surface area contributed by atoms with Crippen LogP contribution in [0, 0.1) is 0 Å². The molecule has 0 heterocycles. The first-order valence-corrected chi connectivity index (χ1v) is 6.08. The van der Waals surface area contributed by atoms with Gasteiger partial charge in [-0.1, -0.05) is 44.4 Å². The van der Waals surface area contributed by atoms with Crippen LogP contribution in [0.15, 0.2) is 54.3 Å². The lowest BCUT2D eigenvalue weighted by Crippen LogP contribution is -2.17. The SMILES string of the molecule is C=C=C(/C(C=C)=C/C=C/CCC(N)O)C(O)CC. The molecule has 3 nitrogen and oxygen atoms in total. The second kappa shape index (κ2) is 9.63. The van der Waals surface area contributed by atoms with Gasteiger partial charge >= 0.3 is 0 Å². The Labute approximate surface area is 109 Å². The lowest BCUT2D eigenvalue weighted by atomic mass is 9.99. The van der Waals surface area contributed by atoms with E-state index in [-0.39, 0.29) is 0 Å². The first-order chi connectivity index (χ1) is 8.56. The molecule has 3 heteroatoms. The summed E-state index contributed by atoms with van der Waals surface area (Å²) in [5.41, 5.74) is 9.41. The Morgan fingerprint density at radius 2 is 2.11 bits per heavy atom. The van der Waals surface area contributed by atoms with E-state index in [1.807, 2.05) is 25.2 Å². The van der Waals surface area contributed by atoms with Crippen LogP contribution in [0.4, 0.5) is 0 Å². The molecule has 0 fully saturated rings. The van der Waals surface area contributed by atoms with Crippen molar-refractivity contribution in [2.45, 2.75) is 38.5 Å². The van der Waals surface area contributed by atoms with Gasteiger partial charge < -0.3 is 15.9 Å². The Hall–Kier alpha value is -1.38. The Kier molecular flexibility index (Phi) is 8.89. The zero-order valence-electron chi connectivity index (χ0n) is 11.0. The summed E-state index contributed by atoms with van der Waals surface area (Å²) in [6, 6.07) is 0. The molecule has 0 aromatic heterocycles. The number of hydrogen-bond donors (Lipinski definition) is 3. The van der Waals surface area contributed by atoms with Gasteiger partial charge in [-0.05, 0) is 24.8 Å². The topological polar surface area (TPSA) is 66.5 Å². The van der Waals surface area contributed by atoms with Gasteiger partial charge in [0, 0.05) is 5.57 Å². The number of allylic oxidation sites excluding steroid dienone is 4. The van der Waals surface area contributed by atoms with Crippen molar-refractivity contribution in [3.8, 4) is 0 Å². The standard InChI is InChI=1S/C15H23NO2/c1-4-12(13(5-2)14(17)6-3)10-8-7-9-11-15(16)18/h4,7-8,10,14-15,17-18H,1-2,6,9,11,16H2,3H3/b8-7+,12-10+. The molecule has 0 rings (SSSR count). The zero-order valence-corrected chi connectivity index (χ0v) is 11.0. The molecule has 2 unspecified atom stereocenters. The Morgan fingerprint density at radius 3 is 2.56 bits per heavy atom. The van der Waals surface area contributed by atoms with Crippen LogP contribution in [-0.4, -0.2) is 22.5 Å². The van der Waals surface area contributed by atoms with E-state index in [9.17, 15) is 5.11 Å². The largest absolute Gasteiger partial charge is 0.388 e. The highest BCUT2D eigenvalue weighted by atomic mass is 16.3. The molecule has 0 aliphatic heterocycles. The molecular formula is C15H23NO2. The molecule has 0 aromatic rings. The fraction of sp³-hybridized carbons (Fsp3) is 0.400. The minimum absolute atomic E-state index is 0.523. The van der Waals surface area contributed by atoms with Gasteiger partial charge in [-0.15, -0.1) is 5.73 Å². The minimum Gasteiger partial charge on any atom is -0.388 e. The monoisotopic (exact) mass is 249 g/mol. The molecule has 100 valence electrons. The summed E-state index contributed by atoms with van der Waals surface area (Å²) in [5.74, 6) is 0. The van der Waals surface area contributed by atoms with Crippen molar-refractivity contribution >= 4 is 0 Å². The van der Waals surface area contributed by atoms with Gasteiger partial charge in [-0.3, -0.25) is 0 Å². The molecule has 2 atom stereocenters. The van der Waals surface area contributed by atoms with Crippen LogP contribution < -0.4 is 5.73 Å². The van der Waals surface area contributed by atoms with Crippen molar-refractivity contribution in [3.63, 3.8) is 0 Å². The third-order valence-electron chi connectivity index (χ3n) is 2.48. The van der Waals surface area contributed by atoms with Gasteiger partial charge in [-0.25, -0.2) is 0 Å². The molecule has 4 N–H and O–H groups in total. The predicted molar refractivity (Wildman–Crippen MR) is 75.8 cm³/mol. The van der Waals surface area contributed by atoms with Crippen LogP contribution in [0.5, 0.6) is 0 Å². The molecular weight excluding hydrogens is 226 g/mol. The summed E-state index contributed by atoms with van der Waals surface area (Å²) in [7, 11) is 0. The van der Waals surface area contributed by atoms with Crippen molar-refractivity contribution in [1.82, 2.24) is 0 Å². The smallest absolute Gasteiger partial charge is 0.102 e. The number of rotatable bonds is 8. The average molecular weight is 249 g/mol. The van der Waals surface area contributed by atoms with Crippen molar-refractivity contribution < 1.29 is 10.2 Å². The minimum atomic E-state index is -0.775. The molecule has 0 saturated heterocycles. The third kappa shape index (κ3) is 6.38. The Bertz CT molecular complexity index is 361. The van der Waals surface area contributed by atoms with Crippen molar-refractivity contribution in [2.24, 2.45) is 5.73 Å². The quantitative estimate of drug-likeness (QED) is 0.351. The fourth-order valence-corrected chi connectivity index (χ4v) is 1.42. The van der Waals surface area contributed by atoms with Crippen molar-refractivity contribution in [2.75, 3.05) is 0 Å². The number of hydrogen-bond acceptors (Lipinski definition) is 3. The molecule has 18 heavy (non-hydrogen) atoms. The van der Waals surface area contributed by atoms with Crippen molar-refractivity contribution in [3.05, 3.63) is 54.3 Å². The highest BCUT2D eigenvalue weighted by molar-refractivity contribution is 5.42. The molecule has 0 spiro atoms. The summed E-state index contributed by atoms with van der Waals surface area (Å²) in [6.07, 6.45) is 7.71. The molecule has 0 bridgehead atoms. The maximum atomic E-state index is 9.79. The number of nitrogens with two attached hydrogens (primary N) is 1. The first-order valence-electron chi connectivity index (χ1n) is 6.08. The molecule has 0 amide bonds. The van der Waals surface area contributed by atoms with Gasteiger partial charge in [0.2, 0.25) is 0 Å². The second-order valence-electron chi connectivity index (χ2n) is 3.91. The van der Waals surface area contributed by atoms with Crippen LogP contribution in [0.2, 0.25) is 0 Å². The van der Waals surface area contributed by atoms with Crippen LogP contribution in [0.25, 0.3) is 0 Å². The maximum Gasteiger partial charge on any atom is 0.102 e. The van der Waals surface area contributed by atoms with E-state index in [4.69, 9.17) is 10.8 Å². The molecule has 0 radical (unpaired) electrons. The third-order valence-corrected chi connectivity index (χ3v) is 2.48. The van der Waals surface area contributed by atoms with Crippen LogP contribution in [0.1, 0.15) is 26.2 Å². The normalized spacial score (nSPS) is 15.2. The van der Waals surface area contributed by atoms with Gasteiger partial charge in [0.15, 0.2) is 0 Å². The lowest BCUT2D eigenvalue weighted by Gasteiger charge is -2.11. The van der Waals surface area contributed by atoms with Gasteiger partial charge in [-0.2, -0.15) is 0 Å². The van der Waals surface area contributed by atoms with Gasteiger partial charge in [0.1, 0.15) is 6.23 Å². The molecule has 0 aromatic carbocycles. The molecule has 0 aliphatic rings. The second-order valence-corrected chi connectivity index (χ2v) is 3.91. The summed E-state index contributed by atoms with van der Waals surface area (Å²) in [6.45, 7) is 9.18. The molecule has 0 aliphatic carbocycles. The van der Waals surface area contributed by atoms with Gasteiger partial charge in [0.05, 0.1) is 6.10 Å². The zero-order chi connectivity index (χ0) is 14.0. The van der Waals surface area contributed by atoms with E-state index < -0.39 is 12.3 Å². The summed E-state index contributed by atoms with van der Waals surface area (Å²) < 4.78 is 0. The van der Waals surface area contributed by atoms with E-state index in [0.29, 0.717) is 24.8 Å². The van der Waals surface area contributed by atoms with E-state index >= 15 is 0 Å². The first kappa shape index (κ1) is 16.6. The van der Waals surface area contributed by atoms with E-state index in [1.165, 1.54) is 0 Å². The van der Waals surface area contributed by atoms with Crippen molar-refractivity contribution in [1.29, 1.82) is 0 Å². The summed E-state index contributed by atoms with van der Waals surface area (Å²) in [4.78, 5) is 0. The van der Waals surface area contributed by atoms with Gasteiger partial charge in [0.25, 0.3) is 0 Å².